The van der Waals surface area contributed by atoms with Crippen LogP contribution in [0.2, 0.25) is 0 Å². The molecule has 0 aliphatic carbocycles. The Balaban J connectivity index is 1.78. The molecule has 0 atom stereocenters. The first-order valence-electron chi connectivity index (χ1n) is 8.67. The monoisotopic (exact) mass is 372 g/mol. The van der Waals surface area contributed by atoms with Gasteiger partial charge in [0.25, 0.3) is 5.56 Å². The van der Waals surface area contributed by atoms with Crippen molar-refractivity contribution in [2.75, 3.05) is 0 Å². The predicted molar refractivity (Wildman–Crippen MR) is 105 cm³/mol. The number of para-hydroxylation sites is 2. The average Bonchev–Trinajstić information content (AvgIpc) is 2.72. The van der Waals surface area contributed by atoms with E-state index >= 15 is 0 Å². The number of carbonyl (C=O) groups is 1. The molecule has 28 heavy (non-hydrogen) atoms. The molecule has 0 amide bonds. The van der Waals surface area contributed by atoms with Gasteiger partial charge in [-0.15, -0.1) is 0 Å². The van der Waals surface area contributed by atoms with Gasteiger partial charge in [-0.05, 0) is 24.3 Å². The van der Waals surface area contributed by atoms with Crippen LogP contribution in [0.4, 0.5) is 0 Å². The van der Waals surface area contributed by atoms with Gasteiger partial charge in [-0.25, -0.2) is 9.48 Å². The highest BCUT2D eigenvalue weighted by Crippen LogP contribution is 2.25. The van der Waals surface area contributed by atoms with Gasteiger partial charge in [-0.2, -0.15) is 5.10 Å². The summed E-state index contributed by atoms with van der Waals surface area (Å²) in [6.07, 6.45) is 0. The molecule has 0 saturated heterocycles. The third kappa shape index (κ3) is 3.35. The Kier molecular flexibility index (Phi) is 4.60. The molecule has 4 aromatic rings. The van der Waals surface area contributed by atoms with Gasteiger partial charge in [0.15, 0.2) is 5.69 Å². The van der Waals surface area contributed by atoms with E-state index in [1.807, 2.05) is 48.5 Å². The fourth-order valence-electron chi connectivity index (χ4n) is 3.01. The molecule has 0 spiro atoms. The fraction of sp³-hybridized carbons (Fsp3) is 0.0455. The van der Waals surface area contributed by atoms with Crippen molar-refractivity contribution in [1.29, 1.82) is 0 Å². The van der Waals surface area contributed by atoms with Gasteiger partial charge in [0.05, 0.1) is 11.9 Å². The van der Waals surface area contributed by atoms with Crippen LogP contribution in [0.25, 0.3) is 10.8 Å². The summed E-state index contributed by atoms with van der Waals surface area (Å²) in [5.41, 5.74) is 0.208. The third-order valence-electron chi connectivity index (χ3n) is 4.33. The SMILES string of the molecule is O=C(O)c1nn(Cc2ccccc2Oc2ccccc2)c(=O)c2ccccc12. The predicted octanol–water partition coefficient (Wildman–Crippen LogP) is 3.94. The largest absolute Gasteiger partial charge is 0.476 e. The van der Waals surface area contributed by atoms with E-state index in [-0.39, 0.29) is 17.8 Å². The second kappa shape index (κ2) is 7.36. The van der Waals surface area contributed by atoms with E-state index in [2.05, 4.69) is 5.10 Å². The van der Waals surface area contributed by atoms with Crippen molar-refractivity contribution in [1.82, 2.24) is 9.78 Å². The molecule has 0 aliphatic heterocycles. The Bertz CT molecular complexity index is 1220. The van der Waals surface area contributed by atoms with Crippen molar-refractivity contribution in [3.05, 3.63) is 100 Å². The molecule has 4 rings (SSSR count). The maximum atomic E-state index is 12.8. The van der Waals surface area contributed by atoms with Crippen LogP contribution in [-0.2, 0) is 6.54 Å². The highest BCUT2D eigenvalue weighted by molar-refractivity contribution is 6.01. The smallest absolute Gasteiger partial charge is 0.357 e. The molecule has 1 N–H and O–H groups in total. The summed E-state index contributed by atoms with van der Waals surface area (Å²) in [7, 11) is 0. The lowest BCUT2D eigenvalue weighted by Gasteiger charge is -2.13. The lowest BCUT2D eigenvalue weighted by molar-refractivity contribution is 0.0690. The zero-order valence-electron chi connectivity index (χ0n) is 14.8. The third-order valence-corrected chi connectivity index (χ3v) is 4.33. The summed E-state index contributed by atoms with van der Waals surface area (Å²) in [5.74, 6) is 0.0613. The van der Waals surface area contributed by atoms with Crippen LogP contribution in [-0.4, -0.2) is 20.9 Å². The van der Waals surface area contributed by atoms with E-state index in [1.165, 1.54) is 4.68 Å². The number of aromatic carboxylic acids is 1. The molecule has 3 aromatic carbocycles. The highest BCUT2D eigenvalue weighted by Gasteiger charge is 2.16. The zero-order valence-corrected chi connectivity index (χ0v) is 14.8. The maximum Gasteiger partial charge on any atom is 0.357 e. The first-order valence-corrected chi connectivity index (χ1v) is 8.67. The molecule has 0 saturated carbocycles. The Labute approximate surface area is 160 Å². The van der Waals surface area contributed by atoms with E-state index < -0.39 is 5.97 Å². The summed E-state index contributed by atoms with van der Waals surface area (Å²) in [6.45, 7) is 0.0902. The number of aromatic nitrogens is 2. The molecular formula is C22H16N2O4. The fourth-order valence-corrected chi connectivity index (χ4v) is 3.01. The normalized spacial score (nSPS) is 10.7. The number of carboxylic acid groups (broad SMARTS) is 1. The van der Waals surface area contributed by atoms with Crippen LogP contribution in [0.5, 0.6) is 11.5 Å². The van der Waals surface area contributed by atoms with Crippen molar-refractivity contribution >= 4 is 16.7 Å². The Morgan fingerprint density at radius 1 is 0.893 bits per heavy atom. The zero-order chi connectivity index (χ0) is 19.5. The molecule has 6 heteroatoms. The minimum atomic E-state index is -1.18. The number of hydrogen-bond donors (Lipinski definition) is 1. The summed E-state index contributed by atoms with van der Waals surface area (Å²) >= 11 is 0. The van der Waals surface area contributed by atoms with Crippen molar-refractivity contribution in [3.8, 4) is 11.5 Å². The molecule has 6 nitrogen and oxygen atoms in total. The summed E-state index contributed by atoms with van der Waals surface area (Å²) in [4.78, 5) is 24.5. The van der Waals surface area contributed by atoms with Gasteiger partial charge >= 0.3 is 5.97 Å². The van der Waals surface area contributed by atoms with Crippen LogP contribution in [0.1, 0.15) is 16.1 Å². The van der Waals surface area contributed by atoms with Crippen LogP contribution >= 0.6 is 0 Å². The van der Waals surface area contributed by atoms with Gasteiger partial charge in [0, 0.05) is 10.9 Å². The van der Waals surface area contributed by atoms with Crippen molar-refractivity contribution in [3.63, 3.8) is 0 Å². The molecular weight excluding hydrogens is 356 g/mol. The second-order valence-electron chi connectivity index (χ2n) is 6.18. The van der Waals surface area contributed by atoms with E-state index in [0.29, 0.717) is 27.8 Å². The molecule has 1 aromatic heterocycles. The number of nitrogens with zero attached hydrogens (tertiary/aromatic N) is 2. The minimum Gasteiger partial charge on any atom is -0.476 e. The molecule has 0 radical (unpaired) electrons. The number of benzene rings is 3. The van der Waals surface area contributed by atoms with Crippen LogP contribution in [0.3, 0.4) is 0 Å². The van der Waals surface area contributed by atoms with E-state index in [4.69, 9.17) is 4.74 Å². The first kappa shape index (κ1) is 17.5. The molecule has 0 aliphatic rings. The minimum absolute atomic E-state index is 0.0902. The van der Waals surface area contributed by atoms with Gasteiger partial charge < -0.3 is 9.84 Å². The second-order valence-corrected chi connectivity index (χ2v) is 6.18. The topological polar surface area (TPSA) is 81.4 Å². The van der Waals surface area contributed by atoms with E-state index in [9.17, 15) is 14.7 Å². The Morgan fingerprint density at radius 3 is 2.29 bits per heavy atom. The summed E-state index contributed by atoms with van der Waals surface area (Å²) < 4.78 is 7.09. The van der Waals surface area contributed by atoms with Gasteiger partial charge in [0.2, 0.25) is 0 Å². The number of ether oxygens (including phenoxy) is 1. The van der Waals surface area contributed by atoms with Crippen LogP contribution in [0.15, 0.2) is 83.7 Å². The molecule has 0 fully saturated rings. The lowest BCUT2D eigenvalue weighted by atomic mass is 10.1. The molecule has 138 valence electrons. The van der Waals surface area contributed by atoms with Gasteiger partial charge in [0.1, 0.15) is 11.5 Å². The highest BCUT2D eigenvalue weighted by atomic mass is 16.5. The maximum absolute atomic E-state index is 12.8. The number of fused-ring (bicyclic) bond motifs is 1. The van der Waals surface area contributed by atoms with Crippen LogP contribution < -0.4 is 10.3 Å². The molecule has 0 unspecified atom stereocenters. The first-order chi connectivity index (χ1) is 13.6. The van der Waals surface area contributed by atoms with Crippen molar-refractivity contribution in [2.45, 2.75) is 6.54 Å². The van der Waals surface area contributed by atoms with Crippen molar-refractivity contribution in [2.24, 2.45) is 0 Å². The standard InChI is InChI=1S/C22H16N2O4/c25-21-18-12-6-5-11-17(18)20(22(26)27)23-24(21)14-15-8-4-7-13-19(15)28-16-9-2-1-3-10-16/h1-13H,14H2,(H,26,27). The number of rotatable bonds is 5. The van der Waals surface area contributed by atoms with Gasteiger partial charge in [-0.3, -0.25) is 4.79 Å². The Morgan fingerprint density at radius 2 is 1.54 bits per heavy atom. The van der Waals surface area contributed by atoms with E-state index in [1.54, 1.807) is 30.3 Å². The summed E-state index contributed by atoms with van der Waals surface area (Å²) in [5, 5.41) is 14.2. The molecule has 1 heterocycles. The summed E-state index contributed by atoms with van der Waals surface area (Å²) in [6, 6.07) is 23.2. The number of carboxylic acids is 1. The Hall–Kier alpha value is -3.93. The van der Waals surface area contributed by atoms with Gasteiger partial charge in [-0.1, -0.05) is 54.6 Å². The average molecular weight is 372 g/mol. The lowest BCUT2D eigenvalue weighted by Crippen LogP contribution is -2.26. The van der Waals surface area contributed by atoms with E-state index in [0.717, 1.165) is 0 Å². The van der Waals surface area contributed by atoms with Crippen LogP contribution in [0, 0.1) is 0 Å². The molecule has 0 bridgehead atoms. The number of hydrogen-bond acceptors (Lipinski definition) is 4. The quantitative estimate of drug-likeness (QED) is 0.574. The van der Waals surface area contributed by atoms with Crippen molar-refractivity contribution < 1.29 is 14.6 Å².